The summed E-state index contributed by atoms with van der Waals surface area (Å²) in [6.45, 7) is 0. The summed E-state index contributed by atoms with van der Waals surface area (Å²) in [5, 5.41) is 42.3. The number of nitrogens with zero attached hydrogens (tertiary/aromatic N) is 2. The van der Waals surface area contributed by atoms with Gasteiger partial charge in [0, 0.05) is 10.9 Å². The lowest BCUT2D eigenvalue weighted by molar-refractivity contribution is -0.290. The van der Waals surface area contributed by atoms with Crippen molar-refractivity contribution in [3.05, 3.63) is 93.8 Å². The number of aromatic nitrogens is 2. The maximum atomic E-state index is 14.4. The van der Waals surface area contributed by atoms with Crippen LogP contribution in [-0.4, -0.2) is 30.2 Å². The molecule has 35 heavy (non-hydrogen) atoms. The fourth-order valence-corrected chi connectivity index (χ4v) is 3.71. The highest BCUT2D eigenvalue weighted by atomic mass is 19.4. The molecule has 0 unspecified atom stereocenters. The van der Waals surface area contributed by atoms with E-state index in [1.807, 2.05) is 0 Å². The number of aliphatic hydroxyl groups is 4. The number of hydrogen-bond acceptors (Lipinski definition) is 6. The third kappa shape index (κ3) is 4.51. The number of halogens is 5. The molecule has 4 rings (SSSR count). The Morgan fingerprint density at radius 2 is 1.31 bits per heavy atom. The van der Waals surface area contributed by atoms with Gasteiger partial charge in [-0.15, -0.1) is 0 Å². The largest absolute Gasteiger partial charge is 0.416 e. The van der Waals surface area contributed by atoms with Crippen LogP contribution in [0.3, 0.4) is 0 Å². The summed E-state index contributed by atoms with van der Waals surface area (Å²) in [5.41, 5.74) is -5.29. The predicted molar refractivity (Wildman–Crippen MR) is 112 cm³/mol. The molecule has 0 radical (unpaired) electrons. The molecule has 182 valence electrons. The molecule has 0 amide bonds. The Labute approximate surface area is 192 Å². The number of alkyl halides is 5. The van der Waals surface area contributed by atoms with Gasteiger partial charge >= 0.3 is 18.3 Å². The lowest BCUT2D eigenvalue weighted by Crippen LogP contribution is -2.29. The van der Waals surface area contributed by atoms with Crippen LogP contribution in [0.5, 0.6) is 0 Å². The third-order valence-electron chi connectivity index (χ3n) is 5.22. The molecule has 4 aromatic rings. The van der Waals surface area contributed by atoms with Crippen LogP contribution in [0, 0.1) is 0 Å². The molecule has 0 saturated heterocycles. The second-order valence-electron chi connectivity index (χ2n) is 7.56. The average molecular weight is 494 g/mol. The van der Waals surface area contributed by atoms with E-state index in [1.165, 1.54) is 24.3 Å². The van der Waals surface area contributed by atoms with Gasteiger partial charge in [0.05, 0.1) is 33.5 Å². The van der Waals surface area contributed by atoms with Gasteiger partial charge in [-0.1, -0.05) is 36.4 Å². The maximum Gasteiger partial charge on any atom is 0.416 e. The fourth-order valence-electron chi connectivity index (χ4n) is 3.71. The molecule has 0 aliphatic heterocycles. The molecular weight excluding hydrogens is 479 g/mol. The van der Waals surface area contributed by atoms with Crippen molar-refractivity contribution in [3.8, 4) is 16.9 Å². The van der Waals surface area contributed by atoms with Crippen molar-refractivity contribution in [1.82, 2.24) is 9.78 Å². The molecule has 0 saturated carbocycles. The molecule has 0 aliphatic rings. The summed E-state index contributed by atoms with van der Waals surface area (Å²) in [6.07, 6.45) is -4.64. The summed E-state index contributed by atoms with van der Waals surface area (Å²) in [7, 11) is 0. The fraction of sp³-hybridized carbons (Fsp3) is 0.130. The summed E-state index contributed by atoms with van der Waals surface area (Å²) in [6, 6.07) is 3.33. The predicted octanol–water partition coefficient (Wildman–Crippen LogP) is 3.20. The minimum atomic E-state index is -4.64. The Bertz CT molecular complexity index is 1470. The van der Waals surface area contributed by atoms with E-state index in [2.05, 4.69) is 5.10 Å². The molecule has 1 aromatic heterocycles. The standard InChI is InChI=1S/C23H15F5N2O5/c24-21(25,26)12-8-10-13(11-9-12)30-20(31)15-5-2-1-4-14(15)19(29-30)16-6-3-7-17(22(27,32)33)18(16)23(28,34)35/h1-11,32-35H. The molecule has 0 bridgehead atoms. The van der Waals surface area contributed by atoms with Crippen LogP contribution in [0.25, 0.3) is 27.7 Å². The smallest absolute Gasteiger partial charge is 0.336 e. The van der Waals surface area contributed by atoms with E-state index in [4.69, 9.17) is 0 Å². The minimum absolute atomic E-state index is 0.0312. The topological polar surface area (TPSA) is 116 Å². The monoisotopic (exact) mass is 494 g/mol. The van der Waals surface area contributed by atoms with E-state index < -0.39 is 46.1 Å². The summed E-state index contributed by atoms with van der Waals surface area (Å²) >= 11 is 0. The molecule has 0 aliphatic carbocycles. The molecule has 4 N–H and O–H groups in total. The first kappa shape index (κ1) is 24.4. The van der Waals surface area contributed by atoms with Gasteiger partial charge in [0.1, 0.15) is 0 Å². The number of rotatable bonds is 4. The minimum Gasteiger partial charge on any atom is -0.336 e. The Balaban J connectivity index is 2.08. The summed E-state index contributed by atoms with van der Waals surface area (Å²) in [4.78, 5) is 13.1. The number of hydrogen-bond donors (Lipinski definition) is 4. The van der Waals surface area contributed by atoms with Crippen LogP contribution in [0.4, 0.5) is 22.0 Å². The SMILES string of the molecule is O=c1c2ccccc2c(-c2cccc(C(O)(O)F)c2C(O)(O)F)nn1-c1ccc(C(F)(F)F)cc1. The van der Waals surface area contributed by atoms with E-state index in [1.54, 1.807) is 0 Å². The second kappa shape index (κ2) is 8.20. The number of fused-ring (bicyclic) bond motifs is 1. The first-order valence-corrected chi connectivity index (χ1v) is 9.81. The van der Waals surface area contributed by atoms with Gasteiger partial charge < -0.3 is 20.4 Å². The van der Waals surface area contributed by atoms with E-state index in [0.29, 0.717) is 22.9 Å². The van der Waals surface area contributed by atoms with E-state index in [-0.39, 0.29) is 22.2 Å². The van der Waals surface area contributed by atoms with Crippen LogP contribution >= 0.6 is 0 Å². The lowest BCUT2D eigenvalue weighted by Gasteiger charge is -2.24. The molecule has 7 nitrogen and oxygen atoms in total. The van der Waals surface area contributed by atoms with Gasteiger partial charge in [-0.25, -0.2) is 0 Å². The van der Waals surface area contributed by atoms with Crippen LogP contribution in [0.2, 0.25) is 0 Å². The zero-order valence-electron chi connectivity index (χ0n) is 17.3. The van der Waals surface area contributed by atoms with Crippen molar-refractivity contribution in [2.24, 2.45) is 0 Å². The van der Waals surface area contributed by atoms with Crippen LogP contribution in [0.1, 0.15) is 16.7 Å². The molecule has 3 aromatic carbocycles. The Morgan fingerprint density at radius 3 is 1.86 bits per heavy atom. The van der Waals surface area contributed by atoms with Crippen LogP contribution in [0.15, 0.2) is 71.5 Å². The van der Waals surface area contributed by atoms with Crippen molar-refractivity contribution in [3.63, 3.8) is 0 Å². The zero-order chi connectivity index (χ0) is 25.8. The summed E-state index contributed by atoms with van der Waals surface area (Å²) in [5.74, 6) is 0. The highest BCUT2D eigenvalue weighted by molar-refractivity contribution is 5.95. The van der Waals surface area contributed by atoms with Crippen molar-refractivity contribution >= 4 is 10.8 Å². The van der Waals surface area contributed by atoms with Crippen molar-refractivity contribution in [2.75, 3.05) is 0 Å². The van der Waals surface area contributed by atoms with Gasteiger partial charge in [-0.05, 0) is 30.3 Å². The molecule has 12 heteroatoms. The Hall–Kier alpha value is -3.71. The molecule has 0 atom stereocenters. The van der Waals surface area contributed by atoms with Crippen molar-refractivity contribution in [1.29, 1.82) is 0 Å². The second-order valence-corrected chi connectivity index (χ2v) is 7.56. The molecule has 1 heterocycles. The van der Waals surface area contributed by atoms with Gasteiger partial charge in [-0.2, -0.15) is 31.7 Å². The highest BCUT2D eigenvalue weighted by Gasteiger charge is 2.40. The lowest BCUT2D eigenvalue weighted by atomic mass is 9.94. The number of benzene rings is 3. The maximum absolute atomic E-state index is 14.4. The van der Waals surface area contributed by atoms with E-state index in [0.717, 1.165) is 24.3 Å². The van der Waals surface area contributed by atoms with Gasteiger partial charge in [0.25, 0.3) is 5.56 Å². The van der Waals surface area contributed by atoms with Crippen molar-refractivity contribution < 1.29 is 42.4 Å². The molecular formula is C23H15F5N2O5. The third-order valence-corrected chi connectivity index (χ3v) is 5.22. The molecule has 0 fully saturated rings. The Kier molecular flexibility index (Phi) is 5.72. The van der Waals surface area contributed by atoms with E-state index >= 15 is 0 Å². The van der Waals surface area contributed by atoms with Crippen LogP contribution in [-0.2, 0) is 18.3 Å². The first-order chi connectivity index (χ1) is 16.2. The van der Waals surface area contributed by atoms with Gasteiger partial charge in [0.15, 0.2) is 0 Å². The van der Waals surface area contributed by atoms with E-state index in [9.17, 15) is 47.2 Å². The molecule has 0 spiro atoms. The first-order valence-electron chi connectivity index (χ1n) is 9.81. The van der Waals surface area contributed by atoms with Gasteiger partial charge in [0.2, 0.25) is 0 Å². The quantitative estimate of drug-likeness (QED) is 0.256. The van der Waals surface area contributed by atoms with Gasteiger partial charge in [-0.3, -0.25) is 4.79 Å². The average Bonchev–Trinajstić information content (AvgIpc) is 2.77. The normalized spacial score (nSPS) is 12.8. The van der Waals surface area contributed by atoms with Crippen molar-refractivity contribution in [2.45, 2.75) is 18.3 Å². The zero-order valence-corrected chi connectivity index (χ0v) is 17.3. The Morgan fingerprint density at radius 1 is 0.714 bits per heavy atom. The summed E-state index contributed by atoms with van der Waals surface area (Å²) < 4.78 is 68.0. The van der Waals surface area contributed by atoms with Crippen LogP contribution < -0.4 is 5.56 Å². The highest BCUT2D eigenvalue weighted by Crippen LogP contribution is 2.39.